The molecule has 0 aromatic rings. The van der Waals surface area contributed by atoms with Gasteiger partial charge in [0.05, 0.1) is 6.10 Å². The number of hydrogen-bond acceptors (Lipinski definition) is 2. The van der Waals surface area contributed by atoms with Gasteiger partial charge in [0.25, 0.3) is 0 Å². The molecule has 0 spiro atoms. The zero-order chi connectivity index (χ0) is 17.3. The SMILES string of the molecule is CO[C@@H]1CC2C3C(CC[C@]2(C)C1)[C@@]1(C)CCC(=O)N(C)C1C[C@@H]3C. The van der Waals surface area contributed by atoms with Gasteiger partial charge in [-0.1, -0.05) is 20.8 Å². The van der Waals surface area contributed by atoms with Crippen molar-refractivity contribution in [2.75, 3.05) is 14.2 Å². The lowest BCUT2D eigenvalue weighted by atomic mass is 9.45. The fourth-order valence-corrected chi connectivity index (χ4v) is 7.64. The molecule has 136 valence electrons. The Kier molecular flexibility index (Phi) is 3.84. The second-order valence-corrected chi connectivity index (χ2v) is 10.0. The molecule has 0 aromatic heterocycles. The maximum atomic E-state index is 12.3. The molecule has 0 radical (unpaired) electrons. The molecule has 4 rings (SSSR count). The normalized spacial score (nSPS) is 54.2. The van der Waals surface area contributed by atoms with Crippen LogP contribution in [0.15, 0.2) is 0 Å². The van der Waals surface area contributed by atoms with E-state index in [4.69, 9.17) is 4.74 Å². The number of carbonyl (C=O) groups excluding carboxylic acids is 1. The number of carbonyl (C=O) groups is 1. The maximum absolute atomic E-state index is 12.3. The van der Waals surface area contributed by atoms with Crippen molar-refractivity contribution >= 4 is 5.91 Å². The van der Waals surface area contributed by atoms with Crippen LogP contribution in [0.25, 0.3) is 0 Å². The summed E-state index contributed by atoms with van der Waals surface area (Å²) in [6, 6.07) is 0.457. The van der Waals surface area contributed by atoms with E-state index >= 15 is 0 Å². The van der Waals surface area contributed by atoms with E-state index in [1.54, 1.807) is 0 Å². The number of amides is 1. The summed E-state index contributed by atoms with van der Waals surface area (Å²) in [6.45, 7) is 7.51. The number of hydrogen-bond donors (Lipinski definition) is 0. The Morgan fingerprint density at radius 3 is 2.62 bits per heavy atom. The molecular weight excluding hydrogens is 298 g/mol. The molecule has 1 heterocycles. The van der Waals surface area contributed by atoms with Crippen molar-refractivity contribution in [3.05, 3.63) is 0 Å². The largest absolute Gasteiger partial charge is 0.381 e. The highest BCUT2D eigenvalue weighted by Gasteiger charge is 2.62. The van der Waals surface area contributed by atoms with Gasteiger partial charge in [-0.25, -0.2) is 0 Å². The van der Waals surface area contributed by atoms with Gasteiger partial charge in [-0.15, -0.1) is 0 Å². The number of ether oxygens (including phenoxy) is 1. The highest BCUT2D eigenvalue weighted by Crippen LogP contribution is 2.66. The number of nitrogens with zero attached hydrogens (tertiary/aromatic N) is 1. The predicted octanol–water partition coefficient (Wildman–Crippen LogP) is 4.11. The molecule has 3 aliphatic carbocycles. The van der Waals surface area contributed by atoms with Crippen LogP contribution < -0.4 is 0 Å². The molecular formula is C21H35NO2. The van der Waals surface area contributed by atoms with Crippen LogP contribution in [0, 0.1) is 34.5 Å². The molecule has 1 saturated heterocycles. The zero-order valence-electron chi connectivity index (χ0n) is 16.2. The van der Waals surface area contributed by atoms with E-state index in [0.29, 0.717) is 28.9 Å². The van der Waals surface area contributed by atoms with Gasteiger partial charge in [0, 0.05) is 26.6 Å². The summed E-state index contributed by atoms with van der Waals surface area (Å²) in [6.07, 6.45) is 8.74. The lowest BCUT2D eigenvalue weighted by molar-refractivity contribution is -0.164. The van der Waals surface area contributed by atoms with Crippen LogP contribution in [0.4, 0.5) is 0 Å². The highest BCUT2D eigenvalue weighted by molar-refractivity contribution is 5.77. The minimum absolute atomic E-state index is 0.326. The lowest BCUT2D eigenvalue weighted by Crippen LogP contribution is -2.62. The van der Waals surface area contributed by atoms with E-state index in [-0.39, 0.29) is 0 Å². The Hall–Kier alpha value is -0.570. The first-order valence-corrected chi connectivity index (χ1v) is 10.1. The van der Waals surface area contributed by atoms with Crippen molar-refractivity contribution in [1.29, 1.82) is 0 Å². The summed E-state index contributed by atoms with van der Waals surface area (Å²) in [5.74, 6) is 3.52. The molecule has 4 aliphatic rings. The summed E-state index contributed by atoms with van der Waals surface area (Å²) >= 11 is 0. The van der Waals surface area contributed by atoms with Crippen molar-refractivity contribution in [3.8, 4) is 0 Å². The van der Waals surface area contributed by atoms with Gasteiger partial charge in [-0.3, -0.25) is 4.79 Å². The van der Waals surface area contributed by atoms with Crippen molar-refractivity contribution in [1.82, 2.24) is 4.90 Å². The van der Waals surface area contributed by atoms with Crippen molar-refractivity contribution < 1.29 is 9.53 Å². The first kappa shape index (κ1) is 16.9. The van der Waals surface area contributed by atoms with Gasteiger partial charge >= 0.3 is 0 Å². The Labute approximate surface area is 147 Å². The average molecular weight is 334 g/mol. The third-order valence-corrected chi connectivity index (χ3v) is 8.99. The van der Waals surface area contributed by atoms with Gasteiger partial charge in [0.2, 0.25) is 5.91 Å². The van der Waals surface area contributed by atoms with E-state index in [1.165, 1.54) is 32.1 Å². The minimum atomic E-state index is 0.326. The molecule has 3 saturated carbocycles. The van der Waals surface area contributed by atoms with Gasteiger partial charge in [-0.2, -0.15) is 0 Å². The molecule has 0 aromatic carbocycles. The van der Waals surface area contributed by atoms with E-state index in [2.05, 4.69) is 32.7 Å². The summed E-state index contributed by atoms with van der Waals surface area (Å²) < 4.78 is 5.79. The second kappa shape index (κ2) is 5.46. The molecule has 0 N–H and O–H groups in total. The number of rotatable bonds is 1. The average Bonchev–Trinajstić information content (AvgIpc) is 2.90. The number of methoxy groups -OCH3 is 1. The quantitative estimate of drug-likeness (QED) is 0.723. The Morgan fingerprint density at radius 1 is 1.17 bits per heavy atom. The first-order chi connectivity index (χ1) is 11.3. The summed E-state index contributed by atoms with van der Waals surface area (Å²) in [4.78, 5) is 14.4. The summed E-state index contributed by atoms with van der Waals surface area (Å²) in [5, 5.41) is 0. The maximum Gasteiger partial charge on any atom is 0.222 e. The van der Waals surface area contributed by atoms with Crippen LogP contribution in [0.5, 0.6) is 0 Å². The predicted molar refractivity (Wildman–Crippen MR) is 95.5 cm³/mol. The Balaban J connectivity index is 1.68. The molecule has 3 heteroatoms. The first-order valence-electron chi connectivity index (χ1n) is 10.1. The standard InChI is InChI=1S/C21H35NO2/c1-13-10-17-21(3,9-7-18(23)22(17)4)15-6-8-20(2)12-14(24-5)11-16(20)19(13)15/h13-17,19H,6-12H2,1-5H3/t13-,14+,15?,16?,17?,19?,20+,21+/m0/s1. The fraction of sp³-hybridized carbons (Fsp3) is 0.952. The van der Waals surface area contributed by atoms with Gasteiger partial charge in [-0.05, 0) is 73.0 Å². The molecule has 3 nitrogen and oxygen atoms in total. The number of fused-ring (bicyclic) bond motifs is 5. The smallest absolute Gasteiger partial charge is 0.222 e. The molecule has 1 amide bonds. The molecule has 1 aliphatic heterocycles. The van der Waals surface area contributed by atoms with Crippen LogP contribution in [-0.2, 0) is 9.53 Å². The zero-order valence-corrected chi connectivity index (χ0v) is 16.2. The third kappa shape index (κ3) is 2.15. The molecule has 0 bridgehead atoms. The van der Waals surface area contributed by atoms with E-state index in [0.717, 1.165) is 36.5 Å². The van der Waals surface area contributed by atoms with E-state index in [9.17, 15) is 4.79 Å². The van der Waals surface area contributed by atoms with Gasteiger partial charge in [0.15, 0.2) is 0 Å². The Bertz CT molecular complexity index is 534. The molecule has 4 fully saturated rings. The molecule has 4 unspecified atom stereocenters. The topological polar surface area (TPSA) is 29.5 Å². The summed E-state index contributed by atoms with van der Waals surface area (Å²) in [7, 11) is 3.95. The van der Waals surface area contributed by atoms with Crippen LogP contribution >= 0.6 is 0 Å². The van der Waals surface area contributed by atoms with Crippen molar-refractivity contribution in [2.24, 2.45) is 34.5 Å². The van der Waals surface area contributed by atoms with E-state index < -0.39 is 0 Å². The van der Waals surface area contributed by atoms with Crippen LogP contribution in [-0.4, -0.2) is 37.1 Å². The van der Waals surface area contributed by atoms with Crippen molar-refractivity contribution in [2.45, 2.75) is 77.9 Å². The fourth-order valence-electron chi connectivity index (χ4n) is 7.64. The van der Waals surface area contributed by atoms with Gasteiger partial charge in [0.1, 0.15) is 0 Å². The van der Waals surface area contributed by atoms with Crippen LogP contribution in [0.3, 0.4) is 0 Å². The van der Waals surface area contributed by atoms with Crippen LogP contribution in [0.1, 0.15) is 65.7 Å². The highest BCUT2D eigenvalue weighted by atomic mass is 16.5. The number of likely N-dealkylation sites (tertiary alicyclic amines) is 1. The van der Waals surface area contributed by atoms with Gasteiger partial charge < -0.3 is 9.64 Å². The van der Waals surface area contributed by atoms with Crippen molar-refractivity contribution in [3.63, 3.8) is 0 Å². The Morgan fingerprint density at radius 2 is 1.92 bits per heavy atom. The monoisotopic (exact) mass is 333 g/mol. The minimum Gasteiger partial charge on any atom is -0.381 e. The lowest BCUT2D eigenvalue weighted by Gasteiger charge is -2.63. The number of piperidine rings is 1. The third-order valence-electron chi connectivity index (χ3n) is 8.99. The molecule has 24 heavy (non-hydrogen) atoms. The van der Waals surface area contributed by atoms with Crippen LogP contribution in [0.2, 0.25) is 0 Å². The van der Waals surface area contributed by atoms with E-state index in [1.807, 2.05) is 7.11 Å². The second-order valence-electron chi connectivity index (χ2n) is 10.0. The summed E-state index contributed by atoms with van der Waals surface area (Å²) in [5.41, 5.74) is 0.808. The molecule has 8 atom stereocenters.